The molecule has 0 aromatic rings. The summed E-state index contributed by atoms with van der Waals surface area (Å²) in [4.78, 5) is 0. The van der Waals surface area contributed by atoms with E-state index in [1.807, 2.05) is 0 Å². The molecule has 2 rings (SSSR count). The van der Waals surface area contributed by atoms with Gasteiger partial charge in [-0.15, -0.1) is 0 Å². The van der Waals surface area contributed by atoms with Gasteiger partial charge >= 0.3 is 0 Å². The molecule has 1 saturated carbocycles. The predicted octanol–water partition coefficient (Wildman–Crippen LogP) is 0.543. The second-order valence-electron chi connectivity index (χ2n) is 5.39. The highest BCUT2D eigenvalue weighted by Gasteiger charge is 2.27. The number of hydrogen-bond donors (Lipinski definition) is 2. The summed E-state index contributed by atoms with van der Waals surface area (Å²) in [6, 6.07) is 0.804. The minimum Gasteiger partial charge on any atom is -0.317 e. The van der Waals surface area contributed by atoms with Crippen molar-refractivity contribution in [2.45, 2.75) is 38.1 Å². The molecule has 0 bridgehead atoms. The van der Waals surface area contributed by atoms with Gasteiger partial charge in [0, 0.05) is 6.04 Å². The third-order valence-electron chi connectivity index (χ3n) is 3.60. The SMILES string of the molecule is O=S1(=O)CCC(CCNCCCNC2CC2)C1. The van der Waals surface area contributed by atoms with E-state index in [1.165, 1.54) is 19.3 Å². The van der Waals surface area contributed by atoms with E-state index in [4.69, 9.17) is 0 Å². The maximum atomic E-state index is 11.3. The molecule has 0 spiro atoms. The molecule has 0 aromatic carbocycles. The second kappa shape index (κ2) is 6.16. The Morgan fingerprint density at radius 1 is 1.06 bits per heavy atom. The van der Waals surface area contributed by atoms with Crippen LogP contribution in [0.4, 0.5) is 0 Å². The summed E-state index contributed by atoms with van der Waals surface area (Å²) < 4.78 is 22.5. The Labute approximate surface area is 104 Å². The summed E-state index contributed by atoms with van der Waals surface area (Å²) in [5.41, 5.74) is 0. The Bertz CT molecular complexity index is 325. The first kappa shape index (κ1) is 13.3. The van der Waals surface area contributed by atoms with Gasteiger partial charge in [0.25, 0.3) is 0 Å². The van der Waals surface area contributed by atoms with Crippen molar-refractivity contribution < 1.29 is 8.42 Å². The van der Waals surface area contributed by atoms with Gasteiger partial charge in [-0.1, -0.05) is 0 Å². The van der Waals surface area contributed by atoms with Gasteiger partial charge in [0.1, 0.15) is 0 Å². The van der Waals surface area contributed by atoms with Crippen LogP contribution in [0, 0.1) is 5.92 Å². The van der Waals surface area contributed by atoms with Gasteiger partial charge in [0.2, 0.25) is 0 Å². The van der Waals surface area contributed by atoms with Gasteiger partial charge in [-0.25, -0.2) is 8.42 Å². The molecule has 2 N–H and O–H groups in total. The first-order chi connectivity index (χ1) is 8.16. The second-order valence-corrected chi connectivity index (χ2v) is 7.62. The molecule has 2 fully saturated rings. The van der Waals surface area contributed by atoms with Crippen LogP contribution in [0.5, 0.6) is 0 Å². The van der Waals surface area contributed by atoms with E-state index in [-0.39, 0.29) is 0 Å². The maximum Gasteiger partial charge on any atom is 0.150 e. The van der Waals surface area contributed by atoms with Crippen LogP contribution in [0.25, 0.3) is 0 Å². The van der Waals surface area contributed by atoms with E-state index in [0.717, 1.165) is 38.5 Å². The smallest absolute Gasteiger partial charge is 0.150 e. The van der Waals surface area contributed by atoms with Crippen LogP contribution in [0.15, 0.2) is 0 Å². The third kappa shape index (κ3) is 5.36. The summed E-state index contributed by atoms with van der Waals surface area (Å²) in [5.74, 6) is 1.22. The quantitative estimate of drug-likeness (QED) is 0.626. The van der Waals surface area contributed by atoms with Crippen LogP contribution in [-0.2, 0) is 9.84 Å². The highest BCUT2D eigenvalue weighted by atomic mass is 32.2. The van der Waals surface area contributed by atoms with Gasteiger partial charge in [-0.2, -0.15) is 0 Å². The molecule has 1 heterocycles. The number of hydrogen-bond acceptors (Lipinski definition) is 4. The lowest BCUT2D eigenvalue weighted by atomic mass is 10.1. The Hall–Kier alpha value is -0.130. The molecular formula is C12H24N2O2S. The molecule has 17 heavy (non-hydrogen) atoms. The van der Waals surface area contributed by atoms with Crippen molar-refractivity contribution in [1.82, 2.24) is 10.6 Å². The zero-order valence-electron chi connectivity index (χ0n) is 10.5. The van der Waals surface area contributed by atoms with Crippen LogP contribution < -0.4 is 10.6 Å². The minimum absolute atomic E-state index is 0.400. The Morgan fingerprint density at radius 3 is 2.53 bits per heavy atom. The van der Waals surface area contributed by atoms with E-state index >= 15 is 0 Å². The summed E-state index contributed by atoms with van der Waals surface area (Å²) >= 11 is 0. The fourth-order valence-corrected chi connectivity index (χ4v) is 4.25. The molecule has 0 radical (unpaired) electrons. The monoisotopic (exact) mass is 260 g/mol. The molecule has 2 aliphatic rings. The number of rotatable bonds is 8. The van der Waals surface area contributed by atoms with Crippen LogP contribution in [0.2, 0.25) is 0 Å². The first-order valence-corrected chi connectivity index (χ1v) is 8.62. The molecule has 1 unspecified atom stereocenters. The predicted molar refractivity (Wildman–Crippen MR) is 69.9 cm³/mol. The molecule has 100 valence electrons. The summed E-state index contributed by atoms with van der Waals surface area (Å²) in [6.07, 6.45) is 5.75. The minimum atomic E-state index is -2.69. The van der Waals surface area contributed by atoms with Crippen molar-refractivity contribution in [2.24, 2.45) is 5.92 Å². The van der Waals surface area contributed by atoms with Gasteiger partial charge in [0.05, 0.1) is 11.5 Å². The van der Waals surface area contributed by atoms with Crippen molar-refractivity contribution in [3.05, 3.63) is 0 Å². The van der Waals surface area contributed by atoms with Crippen molar-refractivity contribution in [2.75, 3.05) is 31.1 Å². The van der Waals surface area contributed by atoms with Gasteiger partial charge in [-0.3, -0.25) is 0 Å². The van der Waals surface area contributed by atoms with E-state index < -0.39 is 9.84 Å². The highest BCUT2D eigenvalue weighted by Crippen LogP contribution is 2.20. The lowest BCUT2D eigenvalue weighted by Crippen LogP contribution is -2.25. The van der Waals surface area contributed by atoms with Gasteiger partial charge in [-0.05, 0) is 57.7 Å². The number of nitrogens with one attached hydrogen (secondary N) is 2. The Kier molecular flexibility index (Phi) is 4.82. The maximum absolute atomic E-state index is 11.3. The van der Waals surface area contributed by atoms with Crippen molar-refractivity contribution >= 4 is 9.84 Å². The van der Waals surface area contributed by atoms with Crippen molar-refractivity contribution in [3.8, 4) is 0 Å². The number of sulfone groups is 1. The molecule has 1 saturated heterocycles. The first-order valence-electron chi connectivity index (χ1n) is 6.80. The van der Waals surface area contributed by atoms with E-state index in [0.29, 0.717) is 17.4 Å². The van der Waals surface area contributed by atoms with Crippen LogP contribution in [-0.4, -0.2) is 45.6 Å². The topological polar surface area (TPSA) is 58.2 Å². The average Bonchev–Trinajstić information content (AvgIpc) is 3.02. The zero-order chi connectivity index (χ0) is 12.1. The molecule has 0 amide bonds. The van der Waals surface area contributed by atoms with Crippen LogP contribution in [0.3, 0.4) is 0 Å². The molecule has 1 atom stereocenters. The summed E-state index contributed by atoms with van der Waals surface area (Å²) in [7, 11) is -2.69. The molecule has 4 nitrogen and oxygen atoms in total. The fourth-order valence-electron chi connectivity index (χ4n) is 2.34. The molecular weight excluding hydrogens is 236 g/mol. The van der Waals surface area contributed by atoms with Gasteiger partial charge in [0.15, 0.2) is 9.84 Å². The molecule has 1 aliphatic heterocycles. The summed E-state index contributed by atoms with van der Waals surface area (Å²) in [5, 5.41) is 6.88. The van der Waals surface area contributed by atoms with Crippen LogP contribution in [0.1, 0.15) is 32.1 Å². The van der Waals surface area contributed by atoms with E-state index in [2.05, 4.69) is 10.6 Å². The Morgan fingerprint density at radius 2 is 1.88 bits per heavy atom. The van der Waals surface area contributed by atoms with E-state index in [9.17, 15) is 8.42 Å². The lowest BCUT2D eigenvalue weighted by Gasteiger charge is -2.09. The molecule has 5 heteroatoms. The van der Waals surface area contributed by atoms with Crippen LogP contribution >= 0.6 is 0 Å². The highest BCUT2D eigenvalue weighted by molar-refractivity contribution is 7.91. The standard InChI is InChI=1S/C12H24N2O2S/c15-17(16)9-5-11(10-17)4-8-13-6-1-7-14-12-2-3-12/h11-14H,1-10H2. The lowest BCUT2D eigenvalue weighted by molar-refractivity contribution is 0.500. The van der Waals surface area contributed by atoms with E-state index in [1.54, 1.807) is 0 Å². The van der Waals surface area contributed by atoms with Gasteiger partial charge < -0.3 is 10.6 Å². The van der Waals surface area contributed by atoms with Crippen molar-refractivity contribution in [3.63, 3.8) is 0 Å². The third-order valence-corrected chi connectivity index (χ3v) is 5.43. The molecule has 0 aromatic heterocycles. The summed E-state index contributed by atoms with van der Waals surface area (Å²) in [6.45, 7) is 3.11. The average molecular weight is 260 g/mol. The zero-order valence-corrected chi connectivity index (χ0v) is 11.3. The normalized spacial score (nSPS) is 27.4. The largest absolute Gasteiger partial charge is 0.317 e. The molecule has 1 aliphatic carbocycles. The van der Waals surface area contributed by atoms with Crippen molar-refractivity contribution in [1.29, 1.82) is 0 Å². The fraction of sp³-hybridized carbons (Fsp3) is 1.00. The Balaban J connectivity index is 1.41.